The summed E-state index contributed by atoms with van der Waals surface area (Å²) >= 11 is 0. The normalized spacial score (nSPS) is 10.4. The van der Waals surface area contributed by atoms with Gasteiger partial charge in [0, 0.05) is 6.92 Å². The first-order valence-corrected chi connectivity index (χ1v) is 4.45. The highest BCUT2D eigenvalue weighted by molar-refractivity contribution is 5.92. The average molecular weight is 187 g/mol. The van der Waals surface area contributed by atoms with Crippen LogP contribution in [0, 0.1) is 0 Å². The first-order chi connectivity index (χ1) is 6.65. The fourth-order valence-electron chi connectivity index (χ4n) is 1.10. The zero-order valence-electron chi connectivity index (χ0n) is 8.45. The van der Waals surface area contributed by atoms with Crippen molar-refractivity contribution in [2.75, 3.05) is 0 Å². The number of ketones is 1. The van der Waals surface area contributed by atoms with E-state index in [9.17, 15) is 4.79 Å². The van der Waals surface area contributed by atoms with E-state index in [4.69, 9.17) is 0 Å². The monoisotopic (exact) mass is 187 g/mol. The molecule has 1 heterocycles. The molecule has 1 aromatic rings. The summed E-state index contributed by atoms with van der Waals surface area (Å²) in [6.45, 7) is 7.28. The van der Waals surface area contributed by atoms with Gasteiger partial charge in [-0.05, 0) is 24.6 Å². The van der Waals surface area contributed by atoms with Crippen molar-refractivity contribution >= 4 is 11.4 Å². The molecule has 72 valence electrons. The zero-order valence-corrected chi connectivity index (χ0v) is 8.45. The second kappa shape index (κ2) is 4.51. The minimum Gasteiger partial charge on any atom is -0.293 e. The number of rotatable bonds is 3. The van der Waals surface area contributed by atoms with Crippen LogP contribution in [-0.2, 0) is 0 Å². The SMILES string of the molecule is C=C(/C=C\C)c1cccc(C(C)=O)n1. The molecular weight excluding hydrogens is 174 g/mol. The second-order valence-electron chi connectivity index (χ2n) is 2.99. The van der Waals surface area contributed by atoms with E-state index in [-0.39, 0.29) is 5.78 Å². The van der Waals surface area contributed by atoms with Crippen molar-refractivity contribution in [1.82, 2.24) is 4.98 Å². The van der Waals surface area contributed by atoms with Gasteiger partial charge in [-0.2, -0.15) is 0 Å². The van der Waals surface area contributed by atoms with Crippen molar-refractivity contribution in [2.45, 2.75) is 13.8 Å². The smallest absolute Gasteiger partial charge is 0.178 e. The van der Waals surface area contributed by atoms with Crippen LogP contribution in [0.3, 0.4) is 0 Å². The van der Waals surface area contributed by atoms with Gasteiger partial charge in [-0.15, -0.1) is 0 Å². The predicted octanol–water partition coefficient (Wildman–Crippen LogP) is 2.87. The molecule has 0 N–H and O–H groups in total. The van der Waals surface area contributed by atoms with Gasteiger partial charge in [0.05, 0.1) is 5.69 Å². The van der Waals surface area contributed by atoms with Crippen LogP contribution in [0.5, 0.6) is 0 Å². The molecule has 0 amide bonds. The number of hydrogen-bond donors (Lipinski definition) is 0. The Hall–Kier alpha value is -1.70. The molecular formula is C12H13NO. The molecule has 0 bridgehead atoms. The number of carbonyl (C=O) groups excluding carboxylic acids is 1. The Bertz CT molecular complexity index is 391. The molecule has 1 aromatic heterocycles. The van der Waals surface area contributed by atoms with Gasteiger partial charge >= 0.3 is 0 Å². The van der Waals surface area contributed by atoms with Gasteiger partial charge in [0.15, 0.2) is 5.78 Å². The molecule has 0 aliphatic carbocycles. The summed E-state index contributed by atoms with van der Waals surface area (Å²) in [6.07, 6.45) is 3.76. The lowest BCUT2D eigenvalue weighted by Gasteiger charge is -2.01. The van der Waals surface area contributed by atoms with Crippen LogP contribution in [0.4, 0.5) is 0 Å². The van der Waals surface area contributed by atoms with Gasteiger partial charge in [0.1, 0.15) is 5.69 Å². The Morgan fingerprint density at radius 2 is 2.07 bits per heavy atom. The second-order valence-corrected chi connectivity index (χ2v) is 2.99. The Labute approximate surface area is 84.0 Å². The van der Waals surface area contributed by atoms with Crippen molar-refractivity contribution in [3.8, 4) is 0 Å². The number of nitrogens with zero attached hydrogens (tertiary/aromatic N) is 1. The molecule has 0 unspecified atom stereocenters. The molecule has 0 spiro atoms. The molecule has 0 fully saturated rings. The molecule has 0 aromatic carbocycles. The molecule has 1 rings (SSSR count). The van der Waals surface area contributed by atoms with E-state index in [2.05, 4.69) is 11.6 Å². The molecule has 2 heteroatoms. The first-order valence-electron chi connectivity index (χ1n) is 4.45. The highest BCUT2D eigenvalue weighted by atomic mass is 16.1. The number of hydrogen-bond acceptors (Lipinski definition) is 2. The van der Waals surface area contributed by atoms with E-state index in [0.29, 0.717) is 5.69 Å². The summed E-state index contributed by atoms with van der Waals surface area (Å²) in [5.41, 5.74) is 2.04. The van der Waals surface area contributed by atoms with E-state index in [1.165, 1.54) is 6.92 Å². The third kappa shape index (κ3) is 2.39. The minimum atomic E-state index is -0.0277. The molecule has 0 saturated carbocycles. The number of pyridine rings is 1. The van der Waals surface area contributed by atoms with Gasteiger partial charge in [-0.1, -0.05) is 24.8 Å². The largest absolute Gasteiger partial charge is 0.293 e. The van der Waals surface area contributed by atoms with E-state index in [0.717, 1.165) is 11.3 Å². The van der Waals surface area contributed by atoms with Crippen molar-refractivity contribution in [3.05, 3.63) is 48.3 Å². The van der Waals surface area contributed by atoms with Crippen LogP contribution in [0.15, 0.2) is 36.9 Å². The zero-order chi connectivity index (χ0) is 10.6. The molecule has 0 saturated heterocycles. The topological polar surface area (TPSA) is 30.0 Å². The standard InChI is InChI=1S/C12H13NO/c1-4-6-9(2)11-7-5-8-12(13-11)10(3)14/h4-8H,2H2,1,3H3/b6-4-. The first kappa shape index (κ1) is 10.4. The Morgan fingerprint density at radius 3 is 2.64 bits per heavy atom. The Kier molecular flexibility index (Phi) is 3.35. The van der Waals surface area contributed by atoms with Gasteiger partial charge in [-0.25, -0.2) is 4.98 Å². The molecule has 0 aliphatic rings. The van der Waals surface area contributed by atoms with E-state index < -0.39 is 0 Å². The van der Waals surface area contributed by atoms with Crippen LogP contribution >= 0.6 is 0 Å². The lowest BCUT2D eigenvalue weighted by Crippen LogP contribution is -1.98. The minimum absolute atomic E-state index is 0.0277. The molecule has 2 nitrogen and oxygen atoms in total. The lowest BCUT2D eigenvalue weighted by atomic mass is 10.1. The van der Waals surface area contributed by atoms with Crippen molar-refractivity contribution in [1.29, 1.82) is 0 Å². The number of Topliss-reactive ketones (excluding diaryl/α,β-unsaturated/α-hetero) is 1. The third-order valence-electron chi connectivity index (χ3n) is 1.81. The number of aromatic nitrogens is 1. The molecule has 0 atom stereocenters. The Morgan fingerprint density at radius 1 is 1.43 bits per heavy atom. The third-order valence-corrected chi connectivity index (χ3v) is 1.81. The average Bonchev–Trinajstić information content (AvgIpc) is 2.18. The van der Waals surface area contributed by atoms with Crippen molar-refractivity contribution in [3.63, 3.8) is 0 Å². The van der Waals surface area contributed by atoms with E-state index in [1.54, 1.807) is 6.07 Å². The van der Waals surface area contributed by atoms with Crippen molar-refractivity contribution in [2.24, 2.45) is 0 Å². The number of allylic oxidation sites excluding steroid dienone is 3. The van der Waals surface area contributed by atoms with Crippen LogP contribution in [0.25, 0.3) is 5.57 Å². The summed E-state index contributed by atoms with van der Waals surface area (Å²) in [5, 5.41) is 0. The van der Waals surface area contributed by atoms with Gasteiger partial charge in [0.25, 0.3) is 0 Å². The highest BCUT2D eigenvalue weighted by Gasteiger charge is 2.02. The van der Waals surface area contributed by atoms with Gasteiger partial charge in [0.2, 0.25) is 0 Å². The van der Waals surface area contributed by atoms with Crippen LogP contribution in [-0.4, -0.2) is 10.8 Å². The summed E-state index contributed by atoms with van der Waals surface area (Å²) in [4.78, 5) is 15.3. The van der Waals surface area contributed by atoms with Crippen LogP contribution in [0.1, 0.15) is 30.0 Å². The van der Waals surface area contributed by atoms with Crippen LogP contribution in [0.2, 0.25) is 0 Å². The summed E-state index contributed by atoms with van der Waals surface area (Å²) in [7, 11) is 0. The van der Waals surface area contributed by atoms with Gasteiger partial charge < -0.3 is 0 Å². The quantitative estimate of drug-likeness (QED) is 0.538. The number of carbonyl (C=O) groups is 1. The summed E-state index contributed by atoms with van der Waals surface area (Å²) < 4.78 is 0. The summed E-state index contributed by atoms with van der Waals surface area (Å²) in [5.74, 6) is -0.0277. The maximum absolute atomic E-state index is 11.1. The molecule has 0 radical (unpaired) electrons. The Balaban J connectivity index is 3.05. The van der Waals surface area contributed by atoms with Crippen molar-refractivity contribution < 1.29 is 4.79 Å². The van der Waals surface area contributed by atoms with E-state index >= 15 is 0 Å². The predicted molar refractivity (Wildman–Crippen MR) is 58.1 cm³/mol. The lowest BCUT2D eigenvalue weighted by molar-refractivity contribution is 0.101. The fourth-order valence-corrected chi connectivity index (χ4v) is 1.10. The molecule has 14 heavy (non-hydrogen) atoms. The summed E-state index contributed by atoms with van der Waals surface area (Å²) in [6, 6.07) is 5.36. The maximum atomic E-state index is 11.1. The molecule has 0 aliphatic heterocycles. The maximum Gasteiger partial charge on any atom is 0.178 e. The highest BCUT2D eigenvalue weighted by Crippen LogP contribution is 2.11. The van der Waals surface area contributed by atoms with E-state index in [1.807, 2.05) is 31.2 Å². The van der Waals surface area contributed by atoms with Crippen LogP contribution < -0.4 is 0 Å². The van der Waals surface area contributed by atoms with Gasteiger partial charge in [-0.3, -0.25) is 4.79 Å². The fraction of sp³-hybridized carbons (Fsp3) is 0.167.